The van der Waals surface area contributed by atoms with Gasteiger partial charge in [-0.25, -0.2) is 9.18 Å². The maximum atomic E-state index is 13.2. The smallest absolute Gasteiger partial charge is 0.341 e. The molecule has 0 atom stereocenters. The maximum Gasteiger partial charge on any atom is 0.341 e. The van der Waals surface area contributed by atoms with E-state index >= 15 is 0 Å². The van der Waals surface area contributed by atoms with E-state index in [2.05, 4.69) is 20.9 Å². The largest absolute Gasteiger partial charge is 0.462 e. The van der Waals surface area contributed by atoms with E-state index in [0.29, 0.717) is 29.8 Å². The number of aromatic amines is 1. The number of ether oxygens (including phenoxy) is 1. The van der Waals surface area contributed by atoms with E-state index in [1.807, 2.05) is 18.2 Å². The van der Waals surface area contributed by atoms with E-state index in [9.17, 15) is 14.0 Å². The highest BCUT2D eigenvalue weighted by atomic mass is 79.9. The van der Waals surface area contributed by atoms with Crippen LogP contribution in [0.2, 0.25) is 0 Å². The predicted octanol–water partition coefficient (Wildman–Crippen LogP) is 4.67. The molecule has 2 heterocycles. The molecule has 29 heavy (non-hydrogen) atoms. The molecular weight excluding hydrogens is 439 g/mol. The number of H-pyrrole nitrogens is 1. The fourth-order valence-electron chi connectivity index (χ4n) is 3.51. The number of rotatable bonds is 3. The molecule has 7 heteroatoms. The lowest BCUT2D eigenvalue weighted by Gasteiger charge is -2.18. The third kappa shape index (κ3) is 3.70. The highest BCUT2D eigenvalue weighted by molar-refractivity contribution is 9.10. The van der Waals surface area contributed by atoms with Crippen molar-refractivity contribution >= 4 is 44.3 Å². The lowest BCUT2D eigenvalue weighted by Crippen LogP contribution is -2.28. The molecule has 4 rings (SSSR count). The van der Waals surface area contributed by atoms with Crippen molar-refractivity contribution in [3.05, 3.63) is 75.8 Å². The molecular formula is C22H18BrFN2O3. The van der Waals surface area contributed by atoms with Gasteiger partial charge in [0, 0.05) is 33.7 Å². The number of aromatic nitrogens is 1. The van der Waals surface area contributed by atoms with E-state index in [1.54, 1.807) is 6.92 Å². The second-order valence-corrected chi connectivity index (χ2v) is 7.60. The number of halogens is 2. The molecule has 1 aliphatic rings. The Morgan fingerprint density at radius 1 is 1.21 bits per heavy atom. The molecule has 0 spiro atoms. The first kappa shape index (κ1) is 19.4. The van der Waals surface area contributed by atoms with Crippen molar-refractivity contribution in [1.82, 2.24) is 9.88 Å². The molecule has 1 aromatic heterocycles. The van der Waals surface area contributed by atoms with Gasteiger partial charge in [0.1, 0.15) is 5.82 Å². The predicted molar refractivity (Wildman–Crippen MR) is 112 cm³/mol. The summed E-state index contributed by atoms with van der Waals surface area (Å²) in [5, 5.41) is 0.987. The van der Waals surface area contributed by atoms with Crippen LogP contribution in [0.5, 0.6) is 0 Å². The number of hydrogen-bond donors (Lipinski definition) is 1. The van der Waals surface area contributed by atoms with Crippen LogP contribution in [0, 0.1) is 5.82 Å². The summed E-state index contributed by atoms with van der Waals surface area (Å²) in [5.74, 6) is -1.21. The zero-order valence-corrected chi connectivity index (χ0v) is 17.3. The molecule has 0 unspecified atom stereocenters. The molecule has 0 aliphatic carbocycles. The van der Waals surface area contributed by atoms with Gasteiger partial charge in [-0.05, 0) is 61.4 Å². The Bertz CT molecular complexity index is 1130. The molecule has 148 valence electrons. The molecule has 0 saturated heterocycles. The molecule has 2 aromatic carbocycles. The van der Waals surface area contributed by atoms with Crippen molar-refractivity contribution in [2.75, 3.05) is 13.2 Å². The van der Waals surface area contributed by atoms with Crippen LogP contribution in [0.4, 0.5) is 4.39 Å². The minimum Gasteiger partial charge on any atom is -0.462 e. The van der Waals surface area contributed by atoms with Gasteiger partial charge in [0.05, 0.1) is 17.9 Å². The van der Waals surface area contributed by atoms with Crippen LogP contribution in [0.1, 0.15) is 28.5 Å². The number of benzene rings is 2. The van der Waals surface area contributed by atoms with Gasteiger partial charge in [-0.3, -0.25) is 4.79 Å². The summed E-state index contributed by atoms with van der Waals surface area (Å²) < 4.78 is 19.4. The summed E-state index contributed by atoms with van der Waals surface area (Å²) in [6.45, 7) is 2.34. The average Bonchev–Trinajstić information content (AvgIpc) is 2.94. The highest BCUT2D eigenvalue weighted by Crippen LogP contribution is 2.33. The van der Waals surface area contributed by atoms with Gasteiger partial charge in [0.15, 0.2) is 0 Å². The maximum absolute atomic E-state index is 13.2. The third-order valence-electron chi connectivity index (χ3n) is 4.87. The Kier molecular flexibility index (Phi) is 5.24. The summed E-state index contributed by atoms with van der Waals surface area (Å²) in [6.07, 6.45) is 2.08. The molecule has 5 nitrogen and oxygen atoms in total. The number of fused-ring (bicyclic) bond motifs is 3. The van der Waals surface area contributed by atoms with E-state index in [0.717, 1.165) is 20.9 Å². The second kappa shape index (κ2) is 7.83. The topological polar surface area (TPSA) is 62.4 Å². The van der Waals surface area contributed by atoms with Crippen LogP contribution in [-0.4, -0.2) is 34.9 Å². The van der Waals surface area contributed by atoms with E-state index in [1.165, 1.54) is 35.4 Å². The van der Waals surface area contributed by atoms with Crippen LogP contribution in [0.15, 0.2) is 53.1 Å². The van der Waals surface area contributed by atoms with E-state index < -0.39 is 11.8 Å². The Labute approximate surface area is 175 Å². The van der Waals surface area contributed by atoms with Gasteiger partial charge >= 0.3 is 5.97 Å². The molecule has 1 amide bonds. The first-order valence-corrected chi connectivity index (χ1v) is 10.0. The van der Waals surface area contributed by atoms with Gasteiger partial charge in [0.25, 0.3) is 5.91 Å². The number of hydrogen-bond acceptors (Lipinski definition) is 3. The van der Waals surface area contributed by atoms with Crippen molar-refractivity contribution in [2.45, 2.75) is 13.3 Å². The third-order valence-corrected chi connectivity index (χ3v) is 5.37. The Morgan fingerprint density at radius 2 is 1.97 bits per heavy atom. The first-order valence-electron chi connectivity index (χ1n) is 9.24. The normalized spacial score (nSPS) is 13.6. The first-order chi connectivity index (χ1) is 14.0. The molecule has 1 N–H and O–H groups in total. The van der Waals surface area contributed by atoms with E-state index in [-0.39, 0.29) is 12.5 Å². The molecule has 3 aromatic rings. The number of nitrogens with one attached hydrogen (secondary N) is 1. The minimum absolute atomic E-state index is 0.225. The van der Waals surface area contributed by atoms with Crippen LogP contribution in [0.3, 0.4) is 0 Å². The molecule has 0 radical (unpaired) electrons. The van der Waals surface area contributed by atoms with Crippen molar-refractivity contribution in [2.24, 2.45) is 0 Å². The quantitative estimate of drug-likeness (QED) is 0.582. The molecule has 1 aliphatic heterocycles. The lowest BCUT2D eigenvalue weighted by molar-refractivity contribution is -0.136. The number of carbonyl (C=O) groups excluding carboxylic acids is 2. The van der Waals surface area contributed by atoms with Crippen LogP contribution in [-0.2, 0) is 16.0 Å². The van der Waals surface area contributed by atoms with Crippen LogP contribution in [0.25, 0.3) is 16.5 Å². The summed E-state index contributed by atoms with van der Waals surface area (Å²) in [7, 11) is 0. The monoisotopic (exact) mass is 456 g/mol. The number of nitrogens with zero attached hydrogens (tertiary/aromatic N) is 1. The second-order valence-electron chi connectivity index (χ2n) is 6.69. The van der Waals surface area contributed by atoms with Crippen LogP contribution >= 0.6 is 15.9 Å². The average molecular weight is 457 g/mol. The fraction of sp³-hybridized carbons (Fsp3) is 0.182. The van der Waals surface area contributed by atoms with Gasteiger partial charge in [-0.2, -0.15) is 0 Å². The summed E-state index contributed by atoms with van der Waals surface area (Å²) in [5.41, 5.74) is 3.17. The fourth-order valence-corrected chi connectivity index (χ4v) is 3.87. The van der Waals surface area contributed by atoms with Gasteiger partial charge < -0.3 is 14.6 Å². The molecule has 0 saturated carbocycles. The Balaban J connectivity index is 1.80. The minimum atomic E-state index is -0.502. The van der Waals surface area contributed by atoms with E-state index in [4.69, 9.17) is 4.74 Å². The summed E-state index contributed by atoms with van der Waals surface area (Å²) in [6, 6.07) is 11.2. The number of esters is 1. The van der Waals surface area contributed by atoms with Crippen molar-refractivity contribution < 1.29 is 18.7 Å². The Hall–Kier alpha value is -2.93. The van der Waals surface area contributed by atoms with Gasteiger partial charge in [-0.15, -0.1) is 0 Å². The van der Waals surface area contributed by atoms with Crippen LogP contribution < -0.4 is 0 Å². The zero-order chi connectivity index (χ0) is 20.5. The molecule has 0 bridgehead atoms. The summed E-state index contributed by atoms with van der Waals surface area (Å²) >= 11 is 3.49. The summed E-state index contributed by atoms with van der Waals surface area (Å²) in [4.78, 5) is 30.5. The standard InChI is InChI=1S/C22H18BrFN2O3/c1-2-29-22(28)18-12-26(21(27)13-3-6-15(24)7-4-13)10-9-16-17-11-14(23)5-8-19(17)25-20(16)18/h3-8,11-12,25H,2,9-10H2,1H3. The van der Waals surface area contributed by atoms with Gasteiger partial charge in [0.2, 0.25) is 0 Å². The van der Waals surface area contributed by atoms with Crippen molar-refractivity contribution in [3.63, 3.8) is 0 Å². The number of amides is 1. The SMILES string of the molecule is CCOC(=O)C1=CN(C(=O)c2ccc(F)cc2)CCc2c1[nH]c1ccc(Br)cc21. The molecule has 0 fully saturated rings. The highest BCUT2D eigenvalue weighted by Gasteiger charge is 2.27. The van der Waals surface area contributed by atoms with Crippen molar-refractivity contribution in [3.8, 4) is 0 Å². The Morgan fingerprint density at radius 3 is 2.69 bits per heavy atom. The zero-order valence-electron chi connectivity index (χ0n) is 15.7. The lowest BCUT2D eigenvalue weighted by atomic mass is 10.0. The van der Waals surface area contributed by atoms with Gasteiger partial charge in [-0.1, -0.05) is 15.9 Å². The van der Waals surface area contributed by atoms with Crippen molar-refractivity contribution in [1.29, 1.82) is 0 Å². The number of carbonyl (C=O) groups is 2.